The van der Waals surface area contributed by atoms with Crippen molar-refractivity contribution in [2.45, 2.75) is 19.3 Å². The van der Waals surface area contributed by atoms with Crippen LogP contribution in [0.25, 0.3) is 17.1 Å². The van der Waals surface area contributed by atoms with Crippen LogP contribution in [0.15, 0.2) is 57.7 Å². The summed E-state index contributed by atoms with van der Waals surface area (Å²) >= 11 is 0. The molecule has 3 heterocycles. The van der Waals surface area contributed by atoms with Crippen molar-refractivity contribution in [1.82, 2.24) is 14.8 Å². The number of nitrogens with one attached hydrogen (secondary N) is 1. The van der Waals surface area contributed by atoms with E-state index in [1.807, 2.05) is 0 Å². The van der Waals surface area contributed by atoms with Gasteiger partial charge in [0.05, 0.1) is 17.2 Å². The number of fused-ring (bicyclic) bond motifs is 1. The zero-order chi connectivity index (χ0) is 21.0. The lowest BCUT2D eigenvalue weighted by Gasteiger charge is -2.14. The molecule has 1 saturated heterocycles. The smallest absolute Gasteiger partial charge is 0.325 e. The molecule has 1 aliphatic rings. The zero-order valence-electron chi connectivity index (χ0n) is 15.8. The van der Waals surface area contributed by atoms with Crippen molar-refractivity contribution >= 4 is 28.6 Å². The molecule has 0 radical (unpaired) electrons. The summed E-state index contributed by atoms with van der Waals surface area (Å²) in [7, 11) is 0. The van der Waals surface area contributed by atoms with Gasteiger partial charge in [0.2, 0.25) is 11.8 Å². The molecule has 0 unspecified atom stereocenters. The number of nitrogens with zero attached hydrogens (tertiary/aromatic N) is 3. The van der Waals surface area contributed by atoms with Crippen molar-refractivity contribution in [3.63, 3.8) is 0 Å². The number of para-hydroxylation sites is 2. The van der Waals surface area contributed by atoms with Gasteiger partial charge in [0.25, 0.3) is 5.56 Å². The summed E-state index contributed by atoms with van der Waals surface area (Å²) in [5, 5.41) is 2.87. The van der Waals surface area contributed by atoms with E-state index in [9.17, 15) is 18.8 Å². The minimum atomic E-state index is -0.977. The molecule has 4 aromatic rings. The van der Waals surface area contributed by atoms with Gasteiger partial charge >= 0.3 is 6.01 Å². The van der Waals surface area contributed by atoms with Crippen LogP contribution in [0.2, 0.25) is 0 Å². The fourth-order valence-electron chi connectivity index (χ4n) is 3.80. The molecule has 1 fully saturated rings. The van der Waals surface area contributed by atoms with Crippen LogP contribution in [0.4, 0.5) is 10.1 Å². The molecule has 0 bridgehead atoms. The van der Waals surface area contributed by atoms with Crippen LogP contribution < -0.4 is 10.5 Å². The van der Waals surface area contributed by atoms with E-state index in [1.54, 1.807) is 31.2 Å². The highest BCUT2D eigenvalue weighted by Gasteiger charge is 2.43. The topological polar surface area (TPSA) is 101 Å². The number of anilines is 1. The molecule has 0 aliphatic carbocycles. The maximum atomic E-state index is 13.6. The van der Waals surface area contributed by atoms with Crippen LogP contribution >= 0.6 is 0 Å². The van der Waals surface area contributed by atoms with E-state index >= 15 is 0 Å². The Hall–Kier alpha value is -4.01. The highest BCUT2D eigenvalue weighted by Crippen LogP contribution is 2.33. The molecule has 5 rings (SSSR count). The molecular formula is C21H15FN4O4. The Morgan fingerprint density at radius 1 is 1.13 bits per heavy atom. The average Bonchev–Trinajstić information content (AvgIpc) is 3.35. The van der Waals surface area contributed by atoms with Gasteiger partial charge < -0.3 is 4.42 Å². The van der Waals surface area contributed by atoms with Gasteiger partial charge in [0, 0.05) is 12.1 Å². The fraction of sp³-hybridized carbons (Fsp3) is 0.143. The molecule has 0 spiro atoms. The number of oxazole rings is 1. The number of hydrogen-bond donors (Lipinski definition) is 1. The van der Waals surface area contributed by atoms with Crippen LogP contribution in [-0.4, -0.2) is 26.6 Å². The molecule has 1 atom stereocenters. The number of amides is 2. The first-order valence-electron chi connectivity index (χ1n) is 9.24. The number of aryl methyl sites for hydroxylation is 1. The van der Waals surface area contributed by atoms with Crippen LogP contribution in [0, 0.1) is 12.7 Å². The standard InChI is InChI=1S/C21H15FN4O4/c1-11-18(14-10-17(27)25(19(14)28)13-6-4-5-12(22)9-13)20(29)26(24-11)21-23-15-7-2-3-8-16(15)30-21/h2-9,14,24H,10H2,1H3/t14-/m1/s1. The van der Waals surface area contributed by atoms with Gasteiger partial charge in [-0.25, -0.2) is 9.29 Å². The second-order valence-electron chi connectivity index (χ2n) is 7.06. The van der Waals surface area contributed by atoms with Crippen molar-refractivity contribution in [2.24, 2.45) is 0 Å². The number of H-pyrrole nitrogens is 1. The van der Waals surface area contributed by atoms with Gasteiger partial charge in [-0.3, -0.25) is 19.5 Å². The first-order chi connectivity index (χ1) is 14.4. The second-order valence-corrected chi connectivity index (χ2v) is 7.06. The number of carbonyl (C=O) groups is 2. The predicted molar refractivity (Wildman–Crippen MR) is 105 cm³/mol. The molecule has 150 valence electrons. The van der Waals surface area contributed by atoms with Crippen LogP contribution in [0.5, 0.6) is 0 Å². The molecule has 0 saturated carbocycles. The molecule has 9 heteroatoms. The monoisotopic (exact) mass is 406 g/mol. The zero-order valence-corrected chi connectivity index (χ0v) is 15.8. The van der Waals surface area contributed by atoms with Crippen molar-refractivity contribution in [1.29, 1.82) is 0 Å². The highest BCUT2D eigenvalue weighted by molar-refractivity contribution is 6.22. The van der Waals surface area contributed by atoms with E-state index in [0.29, 0.717) is 16.8 Å². The Morgan fingerprint density at radius 2 is 1.93 bits per heavy atom. The molecule has 8 nitrogen and oxygen atoms in total. The van der Waals surface area contributed by atoms with Crippen LogP contribution in [0.1, 0.15) is 23.6 Å². The molecule has 1 N–H and O–H groups in total. The summed E-state index contributed by atoms with van der Waals surface area (Å²) in [5.74, 6) is -2.61. The van der Waals surface area contributed by atoms with Gasteiger partial charge in [-0.15, -0.1) is 0 Å². The SMILES string of the molecule is Cc1[nH]n(-c2nc3ccccc3o2)c(=O)c1[C@H]1CC(=O)N(c2cccc(F)c2)C1=O. The summed E-state index contributed by atoms with van der Waals surface area (Å²) in [6, 6.07) is 12.3. The van der Waals surface area contributed by atoms with E-state index in [1.165, 1.54) is 18.2 Å². The van der Waals surface area contributed by atoms with Gasteiger partial charge in [0.1, 0.15) is 11.3 Å². The molecule has 2 amide bonds. The third kappa shape index (κ3) is 2.66. The number of aromatic amines is 1. The van der Waals surface area contributed by atoms with Crippen LogP contribution in [-0.2, 0) is 9.59 Å². The van der Waals surface area contributed by atoms with Gasteiger partial charge in [-0.1, -0.05) is 18.2 Å². The predicted octanol–water partition coefficient (Wildman–Crippen LogP) is 2.80. The van der Waals surface area contributed by atoms with Crippen LogP contribution in [0.3, 0.4) is 0 Å². The van der Waals surface area contributed by atoms with Crippen molar-refractivity contribution in [3.8, 4) is 6.01 Å². The Kier molecular flexibility index (Phi) is 3.92. The Bertz CT molecular complexity index is 1350. The number of aromatic nitrogens is 3. The van der Waals surface area contributed by atoms with Gasteiger partial charge in [0.15, 0.2) is 5.58 Å². The first kappa shape index (κ1) is 18.0. The van der Waals surface area contributed by atoms with E-state index in [-0.39, 0.29) is 23.7 Å². The lowest BCUT2D eigenvalue weighted by Crippen LogP contribution is -2.31. The summed E-state index contributed by atoms with van der Waals surface area (Å²) < 4.78 is 20.3. The summed E-state index contributed by atoms with van der Waals surface area (Å²) in [6.07, 6.45) is -0.184. The van der Waals surface area contributed by atoms with E-state index in [2.05, 4.69) is 10.1 Å². The maximum Gasteiger partial charge on any atom is 0.325 e. The lowest BCUT2D eigenvalue weighted by molar-refractivity contribution is -0.121. The van der Waals surface area contributed by atoms with Crippen molar-refractivity contribution in [2.75, 3.05) is 4.90 Å². The quantitative estimate of drug-likeness (QED) is 0.527. The Morgan fingerprint density at radius 3 is 2.70 bits per heavy atom. The number of rotatable bonds is 3. The lowest BCUT2D eigenvalue weighted by atomic mass is 9.98. The number of benzene rings is 2. The highest BCUT2D eigenvalue weighted by atomic mass is 19.1. The summed E-state index contributed by atoms with van der Waals surface area (Å²) in [5.41, 5.74) is 1.30. The molecule has 2 aromatic heterocycles. The van der Waals surface area contributed by atoms with Gasteiger partial charge in [-0.2, -0.15) is 9.67 Å². The number of imide groups is 1. The maximum absolute atomic E-state index is 13.6. The Balaban J connectivity index is 1.56. The van der Waals surface area contributed by atoms with E-state index in [4.69, 9.17) is 4.42 Å². The normalized spacial score (nSPS) is 16.7. The fourth-order valence-corrected chi connectivity index (χ4v) is 3.80. The van der Waals surface area contributed by atoms with Crippen molar-refractivity contribution in [3.05, 3.63) is 76.0 Å². The Labute approximate surface area is 168 Å². The third-order valence-corrected chi connectivity index (χ3v) is 5.15. The third-order valence-electron chi connectivity index (χ3n) is 5.15. The van der Waals surface area contributed by atoms with E-state index in [0.717, 1.165) is 15.6 Å². The molecular weight excluding hydrogens is 391 g/mol. The van der Waals surface area contributed by atoms with E-state index < -0.39 is 29.1 Å². The second kappa shape index (κ2) is 6.51. The molecule has 30 heavy (non-hydrogen) atoms. The number of carbonyl (C=O) groups excluding carboxylic acids is 2. The average molecular weight is 406 g/mol. The number of halogens is 1. The number of hydrogen-bond acceptors (Lipinski definition) is 5. The van der Waals surface area contributed by atoms with Crippen molar-refractivity contribution < 1.29 is 18.4 Å². The molecule has 1 aliphatic heterocycles. The summed E-state index contributed by atoms with van der Waals surface area (Å²) in [6.45, 7) is 1.64. The van der Waals surface area contributed by atoms with Gasteiger partial charge in [-0.05, 0) is 37.3 Å². The summed E-state index contributed by atoms with van der Waals surface area (Å²) in [4.78, 5) is 43.8. The molecule has 2 aromatic carbocycles. The minimum Gasteiger partial charge on any atom is -0.422 e. The minimum absolute atomic E-state index is 0.0364. The largest absolute Gasteiger partial charge is 0.422 e. The first-order valence-corrected chi connectivity index (χ1v) is 9.24.